The summed E-state index contributed by atoms with van der Waals surface area (Å²) in [5.41, 5.74) is 1.37. The van der Waals surface area contributed by atoms with Gasteiger partial charge in [0.1, 0.15) is 0 Å². The monoisotopic (exact) mass is 336 g/mol. The van der Waals surface area contributed by atoms with E-state index in [0.29, 0.717) is 6.42 Å². The molecule has 124 valence electrons. The Morgan fingerprint density at radius 1 is 1.04 bits per heavy atom. The van der Waals surface area contributed by atoms with Crippen molar-refractivity contribution in [2.45, 2.75) is 32.0 Å². The van der Waals surface area contributed by atoms with Gasteiger partial charge >= 0.3 is 5.97 Å². The topological polar surface area (TPSA) is 26.3 Å². The number of carbonyl (C=O) groups is 1. The number of esters is 1. The number of ether oxygens (including phenoxy) is 1. The van der Waals surface area contributed by atoms with Crippen LogP contribution in [-0.2, 0) is 9.53 Å². The van der Waals surface area contributed by atoms with Gasteiger partial charge in [0.05, 0.1) is 14.5 Å². The third-order valence-corrected chi connectivity index (χ3v) is 8.54. The maximum atomic E-state index is 12.3. The normalized spacial score (nSPS) is 12.0. The van der Waals surface area contributed by atoms with Crippen LogP contribution < -0.4 is 5.19 Å². The summed E-state index contributed by atoms with van der Waals surface area (Å²) in [6.45, 7) is 6.55. The van der Waals surface area contributed by atoms with E-state index in [9.17, 15) is 4.79 Å². The van der Waals surface area contributed by atoms with E-state index in [1.54, 1.807) is 6.92 Å². The number of hydrogen-bond acceptors (Lipinski definition) is 2. The van der Waals surface area contributed by atoms with Gasteiger partial charge in [0.25, 0.3) is 0 Å². The Kier molecular flexibility index (Phi) is 6.40. The van der Waals surface area contributed by atoms with E-state index in [4.69, 9.17) is 4.74 Å². The molecule has 2 aromatic rings. The molecule has 0 saturated heterocycles. The zero-order chi connectivity index (χ0) is 17.4. The lowest BCUT2D eigenvalue weighted by molar-refractivity contribution is -0.142. The molecular weight excluding hydrogens is 312 g/mol. The van der Waals surface area contributed by atoms with Crippen molar-refractivity contribution in [1.29, 1.82) is 0 Å². The van der Waals surface area contributed by atoms with Crippen LogP contribution in [-0.4, -0.2) is 20.7 Å². The Morgan fingerprint density at radius 2 is 1.62 bits per heavy atom. The van der Waals surface area contributed by atoms with Crippen LogP contribution >= 0.6 is 0 Å². The number of carbonyl (C=O) groups excluding carboxylic acids is 1. The van der Waals surface area contributed by atoms with Gasteiger partial charge in [0, 0.05) is 0 Å². The Morgan fingerprint density at radius 3 is 2.21 bits per heavy atom. The van der Waals surface area contributed by atoms with E-state index in [1.165, 1.54) is 10.8 Å². The van der Waals surface area contributed by atoms with Crippen molar-refractivity contribution in [2.75, 3.05) is 6.61 Å². The van der Waals surface area contributed by atoms with Gasteiger partial charge in [-0.2, -0.15) is 0 Å². The van der Waals surface area contributed by atoms with Crippen LogP contribution in [0.25, 0.3) is 0 Å². The smallest absolute Gasteiger partial charge is 0.307 e. The molecule has 0 bridgehead atoms. The number of hydrogen-bond donors (Lipinski definition) is 0. The first kappa shape index (κ1) is 18.0. The van der Waals surface area contributed by atoms with Crippen molar-refractivity contribution in [3.05, 3.63) is 66.2 Å². The molecule has 2 rings (SSSR count). The van der Waals surface area contributed by atoms with Crippen molar-refractivity contribution in [3.8, 4) is 11.8 Å². The lowest BCUT2D eigenvalue weighted by atomic mass is 10.1. The minimum absolute atomic E-state index is 0.170. The lowest BCUT2D eigenvalue weighted by Crippen LogP contribution is -2.48. The summed E-state index contributed by atoms with van der Waals surface area (Å²) in [7, 11) is -1.90. The SMILES string of the molecule is CC#CCOC(=O)CC(c1ccccc1)[Si](C)(C)c1ccccc1. The van der Waals surface area contributed by atoms with Gasteiger partial charge in [-0.3, -0.25) is 4.79 Å². The van der Waals surface area contributed by atoms with Gasteiger partial charge in [0.2, 0.25) is 0 Å². The number of rotatable bonds is 6. The Labute approximate surface area is 145 Å². The maximum Gasteiger partial charge on any atom is 0.307 e. The summed E-state index contributed by atoms with van der Waals surface area (Å²) in [4.78, 5) is 12.3. The van der Waals surface area contributed by atoms with E-state index in [-0.39, 0.29) is 18.1 Å². The van der Waals surface area contributed by atoms with Crippen molar-refractivity contribution in [3.63, 3.8) is 0 Å². The standard InChI is InChI=1S/C21H24O2Si/c1-4-5-16-23-21(22)17-20(18-12-8-6-9-13-18)24(2,3)19-14-10-7-11-15-19/h6-15,20H,16-17H2,1-3H3. The van der Waals surface area contributed by atoms with E-state index < -0.39 is 8.07 Å². The van der Waals surface area contributed by atoms with E-state index in [2.05, 4.69) is 61.3 Å². The van der Waals surface area contributed by atoms with E-state index in [0.717, 1.165) is 0 Å². The summed E-state index contributed by atoms with van der Waals surface area (Å²) in [5, 5.41) is 1.35. The molecule has 0 heterocycles. The first-order valence-electron chi connectivity index (χ1n) is 8.21. The molecule has 24 heavy (non-hydrogen) atoms. The highest BCUT2D eigenvalue weighted by atomic mass is 28.3. The van der Waals surface area contributed by atoms with E-state index in [1.807, 2.05) is 24.3 Å². The molecule has 2 aromatic carbocycles. The molecule has 3 heteroatoms. The highest BCUT2D eigenvalue weighted by Crippen LogP contribution is 2.30. The maximum absolute atomic E-state index is 12.3. The minimum atomic E-state index is -1.90. The Balaban J connectivity index is 2.29. The molecule has 1 unspecified atom stereocenters. The van der Waals surface area contributed by atoms with Crippen LogP contribution in [0.2, 0.25) is 13.1 Å². The molecule has 1 atom stereocenters. The molecule has 0 fully saturated rings. The van der Waals surface area contributed by atoms with Crippen molar-refractivity contribution in [2.24, 2.45) is 0 Å². The molecule has 0 N–H and O–H groups in total. The summed E-state index contributed by atoms with van der Waals surface area (Å²) in [5.74, 6) is 5.35. The fourth-order valence-corrected chi connectivity index (χ4v) is 6.11. The van der Waals surface area contributed by atoms with Gasteiger partial charge in [-0.15, -0.1) is 5.92 Å². The summed E-state index contributed by atoms with van der Waals surface area (Å²) < 4.78 is 5.28. The molecule has 0 aromatic heterocycles. The zero-order valence-electron chi connectivity index (χ0n) is 14.6. The van der Waals surface area contributed by atoms with Crippen LogP contribution in [0.3, 0.4) is 0 Å². The first-order chi connectivity index (χ1) is 11.6. The predicted octanol–water partition coefficient (Wildman–Crippen LogP) is 3.88. The highest BCUT2D eigenvalue weighted by molar-refractivity contribution is 6.91. The molecule has 0 aliphatic rings. The Hall–Kier alpha value is -2.31. The largest absolute Gasteiger partial charge is 0.452 e. The molecule has 0 aliphatic heterocycles. The van der Waals surface area contributed by atoms with Crippen LogP contribution in [0, 0.1) is 11.8 Å². The third-order valence-electron chi connectivity index (χ3n) is 4.44. The third kappa shape index (κ3) is 4.59. The van der Waals surface area contributed by atoms with Crippen molar-refractivity contribution < 1.29 is 9.53 Å². The quantitative estimate of drug-likeness (QED) is 0.454. The molecule has 0 radical (unpaired) electrons. The van der Waals surface area contributed by atoms with E-state index >= 15 is 0 Å². The Bertz CT molecular complexity index is 712. The summed E-state index contributed by atoms with van der Waals surface area (Å²) in [6, 6.07) is 20.8. The average molecular weight is 337 g/mol. The molecule has 0 amide bonds. The van der Waals surface area contributed by atoms with Gasteiger partial charge in [0.15, 0.2) is 6.61 Å². The van der Waals surface area contributed by atoms with Crippen LogP contribution in [0.4, 0.5) is 0 Å². The molecule has 2 nitrogen and oxygen atoms in total. The zero-order valence-corrected chi connectivity index (χ0v) is 15.6. The van der Waals surface area contributed by atoms with Crippen LogP contribution in [0.1, 0.15) is 24.4 Å². The van der Waals surface area contributed by atoms with Crippen molar-refractivity contribution >= 4 is 19.2 Å². The first-order valence-corrected chi connectivity index (χ1v) is 11.3. The predicted molar refractivity (Wildman–Crippen MR) is 102 cm³/mol. The summed E-state index contributed by atoms with van der Waals surface area (Å²) >= 11 is 0. The average Bonchev–Trinajstić information content (AvgIpc) is 2.61. The fraction of sp³-hybridized carbons (Fsp3) is 0.286. The van der Waals surface area contributed by atoms with Crippen LogP contribution in [0.15, 0.2) is 60.7 Å². The van der Waals surface area contributed by atoms with Crippen LogP contribution in [0.5, 0.6) is 0 Å². The second kappa shape index (κ2) is 8.51. The second-order valence-electron chi connectivity index (χ2n) is 6.34. The van der Waals surface area contributed by atoms with Gasteiger partial charge in [-0.1, -0.05) is 84.9 Å². The van der Waals surface area contributed by atoms with Gasteiger partial charge in [-0.25, -0.2) is 0 Å². The second-order valence-corrected chi connectivity index (χ2v) is 11.1. The van der Waals surface area contributed by atoms with Gasteiger partial charge < -0.3 is 4.74 Å². The van der Waals surface area contributed by atoms with Crippen molar-refractivity contribution in [1.82, 2.24) is 0 Å². The molecule has 0 aliphatic carbocycles. The minimum Gasteiger partial charge on any atom is -0.452 e. The fourth-order valence-electron chi connectivity index (χ4n) is 2.96. The molecular formula is C21H24O2Si. The van der Waals surface area contributed by atoms with Gasteiger partial charge in [-0.05, 0) is 18.0 Å². The summed E-state index contributed by atoms with van der Waals surface area (Å²) in [6.07, 6.45) is 0.392. The highest BCUT2D eigenvalue weighted by Gasteiger charge is 2.36. The molecule has 0 spiro atoms. The lowest BCUT2D eigenvalue weighted by Gasteiger charge is -2.33. The number of benzene rings is 2. The molecule has 0 saturated carbocycles.